The third kappa shape index (κ3) is 6.52. The molecule has 0 spiro atoms. The molecular weight excluding hydrogens is 324 g/mol. The lowest BCUT2D eigenvalue weighted by atomic mass is 10.1. The van der Waals surface area contributed by atoms with Crippen LogP contribution in [0.4, 0.5) is 0 Å². The standard InChI is InChI=1S/C20H32N6/c1-4-25(5-2)14-8-12-22-20(21-3)23-16-18-10-6-7-11-19(18)17-26-15-9-13-24-26/h6-7,9-11,13,15H,4-5,8,12,14,16-17H2,1-3H3,(H2,21,22,23). The van der Waals surface area contributed by atoms with Crippen LogP contribution in [0.5, 0.6) is 0 Å². The van der Waals surface area contributed by atoms with Crippen LogP contribution in [0, 0.1) is 0 Å². The zero-order valence-electron chi connectivity index (χ0n) is 16.3. The van der Waals surface area contributed by atoms with Crippen LogP contribution in [0.1, 0.15) is 31.4 Å². The first-order valence-corrected chi connectivity index (χ1v) is 9.47. The zero-order valence-corrected chi connectivity index (χ0v) is 16.3. The molecule has 2 rings (SSSR count). The average molecular weight is 357 g/mol. The number of hydrogen-bond acceptors (Lipinski definition) is 3. The van der Waals surface area contributed by atoms with Crippen molar-refractivity contribution in [2.24, 2.45) is 4.99 Å². The third-order valence-electron chi connectivity index (χ3n) is 4.52. The Kier molecular flexibility index (Phi) is 8.69. The summed E-state index contributed by atoms with van der Waals surface area (Å²) in [6, 6.07) is 10.4. The Morgan fingerprint density at radius 2 is 1.88 bits per heavy atom. The van der Waals surface area contributed by atoms with Gasteiger partial charge in [-0.05, 0) is 43.2 Å². The molecule has 0 radical (unpaired) electrons. The quantitative estimate of drug-likeness (QED) is 0.390. The average Bonchev–Trinajstić information content (AvgIpc) is 3.18. The van der Waals surface area contributed by atoms with Crippen molar-refractivity contribution >= 4 is 5.96 Å². The van der Waals surface area contributed by atoms with Crippen molar-refractivity contribution in [1.82, 2.24) is 25.3 Å². The van der Waals surface area contributed by atoms with Crippen molar-refractivity contribution in [3.63, 3.8) is 0 Å². The van der Waals surface area contributed by atoms with Gasteiger partial charge in [0, 0.05) is 32.5 Å². The molecule has 0 saturated heterocycles. The minimum atomic E-state index is 0.743. The van der Waals surface area contributed by atoms with E-state index in [9.17, 15) is 0 Å². The van der Waals surface area contributed by atoms with Crippen molar-refractivity contribution in [3.05, 3.63) is 53.9 Å². The van der Waals surface area contributed by atoms with E-state index in [4.69, 9.17) is 0 Å². The van der Waals surface area contributed by atoms with Gasteiger partial charge >= 0.3 is 0 Å². The molecule has 0 bridgehead atoms. The van der Waals surface area contributed by atoms with Crippen LogP contribution in [-0.4, -0.2) is 53.9 Å². The maximum absolute atomic E-state index is 4.33. The van der Waals surface area contributed by atoms with E-state index < -0.39 is 0 Å². The number of aromatic nitrogens is 2. The van der Waals surface area contributed by atoms with Crippen LogP contribution >= 0.6 is 0 Å². The molecule has 0 unspecified atom stereocenters. The van der Waals surface area contributed by atoms with E-state index >= 15 is 0 Å². The van der Waals surface area contributed by atoms with Gasteiger partial charge in [-0.3, -0.25) is 9.67 Å². The normalized spacial score (nSPS) is 11.8. The zero-order chi connectivity index (χ0) is 18.6. The number of nitrogens with one attached hydrogen (secondary N) is 2. The van der Waals surface area contributed by atoms with Crippen molar-refractivity contribution in [3.8, 4) is 0 Å². The summed E-state index contributed by atoms with van der Waals surface area (Å²) >= 11 is 0. The molecule has 0 aliphatic rings. The molecule has 0 aliphatic carbocycles. The van der Waals surface area contributed by atoms with E-state index in [2.05, 4.69) is 63.7 Å². The smallest absolute Gasteiger partial charge is 0.191 e. The second kappa shape index (κ2) is 11.3. The fraction of sp³-hybridized carbons (Fsp3) is 0.500. The van der Waals surface area contributed by atoms with Crippen molar-refractivity contribution < 1.29 is 0 Å². The van der Waals surface area contributed by atoms with E-state index in [0.29, 0.717) is 0 Å². The molecule has 2 N–H and O–H groups in total. The number of aliphatic imine (C=N–C) groups is 1. The van der Waals surface area contributed by atoms with Crippen molar-refractivity contribution in [2.45, 2.75) is 33.4 Å². The predicted octanol–water partition coefficient (Wildman–Crippen LogP) is 2.33. The Balaban J connectivity index is 1.81. The minimum Gasteiger partial charge on any atom is -0.356 e. The van der Waals surface area contributed by atoms with E-state index in [0.717, 1.165) is 51.6 Å². The first-order chi connectivity index (χ1) is 12.8. The summed E-state index contributed by atoms with van der Waals surface area (Å²) in [5.74, 6) is 0.846. The molecule has 6 nitrogen and oxygen atoms in total. The monoisotopic (exact) mass is 356 g/mol. The molecule has 1 heterocycles. The Bertz CT molecular complexity index is 646. The van der Waals surface area contributed by atoms with Gasteiger partial charge in [0.2, 0.25) is 0 Å². The van der Waals surface area contributed by atoms with Crippen LogP contribution < -0.4 is 10.6 Å². The molecule has 0 saturated carbocycles. The number of guanidine groups is 1. The maximum atomic E-state index is 4.33. The van der Waals surface area contributed by atoms with Gasteiger partial charge in [-0.1, -0.05) is 38.1 Å². The highest BCUT2D eigenvalue weighted by molar-refractivity contribution is 5.79. The maximum Gasteiger partial charge on any atom is 0.191 e. The number of benzene rings is 1. The largest absolute Gasteiger partial charge is 0.356 e. The Morgan fingerprint density at radius 3 is 2.54 bits per heavy atom. The lowest BCUT2D eigenvalue weighted by molar-refractivity contribution is 0.300. The molecule has 6 heteroatoms. The fourth-order valence-corrected chi connectivity index (χ4v) is 2.90. The van der Waals surface area contributed by atoms with Crippen molar-refractivity contribution in [1.29, 1.82) is 0 Å². The molecule has 2 aromatic rings. The summed E-state index contributed by atoms with van der Waals surface area (Å²) in [6.45, 7) is 10.2. The van der Waals surface area contributed by atoms with Gasteiger partial charge in [0.25, 0.3) is 0 Å². The van der Waals surface area contributed by atoms with E-state index in [1.807, 2.05) is 30.2 Å². The van der Waals surface area contributed by atoms with E-state index in [1.165, 1.54) is 11.1 Å². The highest BCUT2D eigenvalue weighted by atomic mass is 15.3. The van der Waals surface area contributed by atoms with Gasteiger partial charge in [0.15, 0.2) is 5.96 Å². The number of hydrogen-bond donors (Lipinski definition) is 2. The van der Waals surface area contributed by atoms with Crippen LogP contribution in [0.3, 0.4) is 0 Å². The summed E-state index contributed by atoms with van der Waals surface area (Å²) in [5.41, 5.74) is 2.52. The third-order valence-corrected chi connectivity index (χ3v) is 4.52. The highest BCUT2D eigenvalue weighted by Crippen LogP contribution is 2.10. The highest BCUT2D eigenvalue weighted by Gasteiger charge is 2.05. The summed E-state index contributed by atoms with van der Waals surface area (Å²) in [5, 5.41) is 11.1. The minimum absolute atomic E-state index is 0.743. The van der Waals surface area contributed by atoms with Crippen molar-refractivity contribution in [2.75, 3.05) is 33.2 Å². The van der Waals surface area contributed by atoms with Gasteiger partial charge in [-0.15, -0.1) is 0 Å². The molecule has 0 fully saturated rings. The van der Waals surface area contributed by atoms with E-state index in [-0.39, 0.29) is 0 Å². The Hall–Kier alpha value is -2.34. The van der Waals surface area contributed by atoms with Gasteiger partial charge in [-0.25, -0.2) is 0 Å². The van der Waals surface area contributed by atoms with Gasteiger partial charge in [-0.2, -0.15) is 5.10 Å². The topological polar surface area (TPSA) is 57.5 Å². The van der Waals surface area contributed by atoms with Gasteiger partial charge < -0.3 is 15.5 Å². The molecule has 0 atom stereocenters. The summed E-state index contributed by atoms with van der Waals surface area (Å²) in [7, 11) is 1.81. The fourth-order valence-electron chi connectivity index (χ4n) is 2.90. The molecule has 0 aliphatic heterocycles. The first kappa shape index (κ1) is 20.0. The Labute approximate surface area is 157 Å². The molecule has 1 aromatic carbocycles. The van der Waals surface area contributed by atoms with Gasteiger partial charge in [0.05, 0.1) is 6.54 Å². The lowest BCUT2D eigenvalue weighted by Crippen LogP contribution is -2.38. The summed E-state index contributed by atoms with van der Waals surface area (Å²) < 4.78 is 1.94. The first-order valence-electron chi connectivity index (χ1n) is 9.47. The predicted molar refractivity (Wildman–Crippen MR) is 108 cm³/mol. The van der Waals surface area contributed by atoms with Crippen LogP contribution in [0.25, 0.3) is 0 Å². The number of rotatable bonds is 10. The van der Waals surface area contributed by atoms with Crippen LogP contribution in [0.2, 0.25) is 0 Å². The summed E-state index contributed by atoms with van der Waals surface area (Å²) in [4.78, 5) is 6.76. The molecule has 0 amide bonds. The van der Waals surface area contributed by atoms with Gasteiger partial charge in [0.1, 0.15) is 0 Å². The molecule has 1 aromatic heterocycles. The number of nitrogens with zero attached hydrogens (tertiary/aromatic N) is 4. The summed E-state index contributed by atoms with van der Waals surface area (Å²) in [6.07, 6.45) is 4.91. The second-order valence-corrected chi connectivity index (χ2v) is 6.21. The lowest BCUT2D eigenvalue weighted by Gasteiger charge is -2.18. The SMILES string of the molecule is CCN(CC)CCCNC(=NC)NCc1ccccc1Cn1cccn1. The molecule has 26 heavy (non-hydrogen) atoms. The van der Waals surface area contributed by atoms with Crippen LogP contribution in [-0.2, 0) is 13.1 Å². The second-order valence-electron chi connectivity index (χ2n) is 6.21. The Morgan fingerprint density at radius 1 is 1.12 bits per heavy atom. The van der Waals surface area contributed by atoms with Crippen LogP contribution in [0.15, 0.2) is 47.7 Å². The molecular formula is C20H32N6. The molecule has 142 valence electrons. The van der Waals surface area contributed by atoms with E-state index in [1.54, 1.807) is 0 Å².